The van der Waals surface area contributed by atoms with Crippen LogP contribution in [0.4, 0.5) is 0 Å². The highest BCUT2D eigenvalue weighted by molar-refractivity contribution is 6.01. The first-order chi connectivity index (χ1) is 10.7. The predicted molar refractivity (Wildman–Crippen MR) is 83.7 cm³/mol. The topological polar surface area (TPSA) is 76.7 Å². The molecule has 2 rings (SSSR count). The lowest BCUT2D eigenvalue weighted by Crippen LogP contribution is -2.28. The average molecular weight is 289 g/mol. The van der Waals surface area contributed by atoms with Crippen molar-refractivity contribution in [1.82, 2.24) is 5.32 Å². The van der Waals surface area contributed by atoms with Crippen molar-refractivity contribution in [3.63, 3.8) is 0 Å². The van der Waals surface area contributed by atoms with E-state index < -0.39 is 0 Å². The zero-order chi connectivity index (χ0) is 15.9. The molecule has 0 radical (unpaired) electrons. The number of carbonyl (C=O) groups is 1. The Kier molecular flexibility index (Phi) is 4.90. The van der Waals surface area contributed by atoms with Crippen molar-refractivity contribution < 1.29 is 4.79 Å². The molecule has 0 spiro atoms. The predicted octanol–water partition coefficient (Wildman–Crippen LogP) is 3.11. The highest BCUT2D eigenvalue weighted by atomic mass is 16.1. The molecular weight excluding hydrogens is 274 g/mol. The number of nitrogens with one attached hydrogen (secondary N) is 1. The van der Waals surface area contributed by atoms with Gasteiger partial charge < -0.3 is 5.32 Å². The van der Waals surface area contributed by atoms with E-state index in [0.29, 0.717) is 23.2 Å². The number of nitriles is 2. The van der Waals surface area contributed by atoms with Crippen LogP contribution < -0.4 is 5.32 Å². The average Bonchev–Trinajstić information content (AvgIpc) is 2.59. The third kappa shape index (κ3) is 3.31. The minimum absolute atomic E-state index is 0.245. The molecule has 0 aliphatic heterocycles. The number of amides is 1. The summed E-state index contributed by atoms with van der Waals surface area (Å²) in [4.78, 5) is 12.4. The molecule has 0 fully saturated rings. The zero-order valence-corrected chi connectivity index (χ0v) is 12.2. The summed E-state index contributed by atoms with van der Waals surface area (Å²) in [6.45, 7) is 2.04. The summed E-state index contributed by atoms with van der Waals surface area (Å²) in [5.74, 6) is -0.493. The highest BCUT2D eigenvalue weighted by Gasteiger charge is 2.15. The third-order valence-electron chi connectivity index (χ3n) is 3.30. The van der Waals surface area contributed by atoms with Gasteiger partial charge in [-0.1, -0.05) is 36.4 Å². The van der Waals surface area contributed by atoms with Crippen LogP contribution in [0.1, 0.15) is 22.8 Å². The molecule has 1 N–H and O–H groups in total. The molecule has 108 valence electrons. The van der Waals surface area contributed by atoms with Gasteiger partial charge in [0.2, 0.25) is 0 Å². The van der Waals surface area contributed by atoms with Gasteiger partial charge in [-0.3, -0.25) is 4.79 Å². The molecule has 0 saturated heterocycles. The van der Waals surface area contributed by atoms with Gasteiger partial charge in [0.1, 0.15) is 0 Å². The van der Waals surface area contributed by atoms with Crippen molar-refractivity contribution in [2.75, 3.05) is 6.54 Å². The van der Waals surface area contributed by atoms with Crippen LogP contribution in [0.5, 0.6) is 0 Å². The molecule has 0 heterocycles. The van der Waals surface area contributed by atoms with Crippen LogP contribution in [-0.2, 0) is 0 Å². The van der Waals surface area contributed by atoms with Crippen LogP contribution in [0.3, 0.4) is 0 Å². The molecule has 0 aliphatic rings. The number of carbonyl (C=O) groups excluding carboxylic acids is 1. The molecule has 2 aromatic rings. The second kappa shape index (κ2) is 7.06. The Labute approximate surface area is 129 Å². The van der Waals surface area contributed by atoms with Gasteiger partial charge in [-0.05, 0) is 24.6 Å². The van der Waals surface area contributed by atoms with E-state index in [2.05, 4.69) is 17.5 Å². The Hall–Kier alpha value is -3.11. The first kappa shape index (κ1) is 15.3. The molecule has 0 aromatic heterocycles. The van der Waals surface area contributed by atoms with Crippen LogP contribution in [0, 0.1) is 28.6 Å². The van der Waals surface area contributed by atoms with E-state index in [9.17, 15) is 10.1 Å². The first-order valence-corrected chi connectivity index (χ1v) is 6.93. The van der Waals surface area contributed by atoms with Crippen molar-refractivity contribution in [2.24, 2.45) is 5.92 Å². The summed E-state index contributed by atoms with van der Waals surface area (Å²) in [6.07, 6.45) is 0. The van der Waals surface area contributed by atoms with Gasteiger partial charge in [-0.15, -0.1) is 0 Å². The molecule has 4 nitrogen and oxygen atoms in total. The Bertz CT molecular complexity index is 768. The van der Waals surface area contributed by atoms with Crippen LogP contribution >= 0.6 is 0 Å². The monoisotopic (exact) mass is 289 g/mol. The minimum atomic E-state index is -0.248. The van der Waals surface area contributed by atoms with Gasteiger partial charge in [0.05, 0.1) is 23.6 Å². The van der Waals surface area contributed by atoms with E-state index in [1.54, 1.807) is 31.2 Å². The van der Waals surface area contributed by atoms with Crippen LogP contribution in [0.25, 0.3) is 11.1 Å². The van der Waals surface area contributed by atoms with E-state index >= 15 is 0 Å². The number of benzene rings is 2. The molecule has 0 bridgehead atoms. The Morgan fingerprint density at radius 3 is 2.41 bits per heavy atom. The molecule has 1 amide bonds. The molecule has 0 saturated carbocycles. The number of hydrogen-bond donors (Lipinski definition) is 1. The van der Waals surface area contributed by atoms with Gasteiger partial charge in [0.25, 0.3) is 5.91 Å². The van der Waals surface area contributed by atoms with E-state index in [-0.39, 0.29) is 11.8 Å². The first-order valence-electron chi connectivity index (χ1n) is 6.93. The summed E-state index contributed by atoms with van der Waals surface area (Å²) < 4.78 is 0. The molecule has 2 aromatic carbocycles. The molecule has 4 heteroatoms. The van der Waals surface area contributed by atoms with Crippen molar-refractivity contribution in [3.05, 3.63) is 59.7 Å². The van der Waals surface area contributed by atoms with Crippen LogP contribution in [0.15, 0.2) is 48.5 Å². The SMILES string of the molecule is CC(C#N)CNC(=O)c1ccccc1-c1ccccc1C#N. The Morgan fingerprint density at radius 1 is 1.09 bits per heavy atom. The maximum atomic E-state index is 12.4. The maximum absolute atomic E-state index is 12.4. The summed E-state index contributed by atoms with van der Waals surface area (Å²) in [7, 11) is 0. The van der Waals surface area contributed by atoms with Crippen molar-refractivity contribution in [1.29, 1.82) is 10.5 Å². The zero-order valence-electron chi connectivity index (χ0n) is 12.2. The number of hydrogen-bond acceptors (Lipinski definition) is 3. The quantitative estimate of drug-likeness (QED) is 0.939. The number of nitrogens with zero attached hydrogens (tertiary/aromatic N) is 2. The summed E-state index contributed by atoms with van der Waals surface area (Å²) in [6, 6.07) is 18.5. The van der Waals surface area contributed by atoms with Crippen molar-refractivity contribution >= 4 is 5.91 Å². The molecule has 22 heavy (non-hydrogen) atoms. The lowest BCUT2D eigenvalue weighted by molar-refractivity contribution is 0.0951. The largest absolute Gasteiger partial charge is 0.351 e. The molecule has 0 aliphatic carbocycles. The van der Waals surface area contributed by atoms with Gasteiger partial charge >= 0.3 is 0 Å². The van der Waals surface area contributed by atoms with Gasteiger partial charge in [-0.2, -0.15) is 10.5 Å². The lowest BCUT2D eigenvalue weighted by Gasteiger charge is -2.12. The van der Waals surface area contributed by atoms with E-state index in [1.807, 2.05) is 24.3 Å². The normalized spacial score (nSPS) is 11.0. The Balaban J connectivity index is 2.38. The fourth-order valence-corrected chi connectivity index (χ4v) is 2.12. The van der Waals surface area contributed by atoms with Crippen LogP contribution in [0.2, 0.25) is 0 Å². The standard InChI is InChI=1S/C18H15N3O/c1-13(10-19)12-21-18(22)17-9-5-4-8-16(17)15-7-3-2-6-14(15)11-20/h2-9,13H,12H2,1H3,(H,21,22). The minimum Gasteiger partial charge on any atom is -0.351 e. The molecule has 1 atom stereocenters. The van der Waals surface area contributed by atoms with E-state index in [1.165, 1.54) is 0 Å². The highest BCUT2D eigenvalue weighted by Crippen LogP contribution is 2.26. The van der Waals surface area contributed by atoms with Crippen molar-refractivity contribution in [3.8, 4) is 23.3 Å². The smallest absolute Gasteiger partial charge is 0.251 e. The fourth-order valence-electron chi connectivity index (χ4n) is 2.12. The van der Waals surface area contributed by atoms with Gasteiger partial charge in [-0.25, -0.2) is 0 Å². The van der Waals surface area contributed by atoms with E-state index in [4.69, 9.17) is 5.26 Å². The van der Waals surface area contributed by atoms with Crippen LogP contribution in [-0.4, -0.2) is 12.5 Å². The van der Waals surface area contributed by atoms with E-state index in [0.717, 1.165) is 5.56 Å². The number of rotatable bonds is 4. The van der Waals surface area contributed by atoms with Gasteiger partial charge in [0.15, 0.2) is 0 Å². The molecule has 1 unspecified atom stereocenters. The maximum Gasteiger partial charge on any atom is 0.251 e. The summed E-state index contributed by atoms with van der Waals surface area (Å²) in [5.41, 5.74) is 2.45. The van der Waals surface area contributed by atoms with Crippen molar-refractivity contribution in [2.45, 2.75) is 6.92 Å². The second-order valence-corrected chi connectivity index (χ2v) is 4.94. The lowest BCUT2D eigenvalue weighted by atomic mass is 9.95. The fraction of sp³-hybridized carbons (Fsp3) is 0.167. The Morgan fingerprint density at radius 2 is 1.73 bits per heavy atom. The summed E-state index contributed by atoms with van der Waals surface area (Å²) in [5, 5.41) is 20.8. The third-order valence-corrected chi connectivity index (χ3v) is 3.30. The molecular formula is C18H15N3O. The summed E-state index contributed by atoms with van der Waals surface area (Å²) >= 11 is 0. The van der Waals surface area contributed by atoms with Gasteiger partial charge in [0, 0.05) is 17.7 Å². The second-order valence-electron chi connectivity index (χ2n) is 4.94.